The SMILES string of the molecule is CCC(C)NC(=O)C(C)NC(=O)C1=NN(c2cccc(C)c2)C(=O)CC1. The van der Waals surface area contributed by atoms with E-state index in [0.29, 0.717) is 5.69 Å². The third kappa shape index (κ3) is 4.91. The predicted molar refractivity (Wildman–Crippen MR) is 101 cm³/mol. The van der Waals surface area contributed by atoms with Crippen LogP contribution in [0.4, 0.5) is 5.69 Å². The summed E-state index contributed by atoms with van der Waals surface area (Å²) in [5.41, 5.74) is 1.87. The first-order valence-corrected chi connectivity index (χ1v) is 8.90. The van der Waals surface area contributed by atoms with Crippen LogP contribution in [0.2, 0.25) is 0 Å². The Hall–Kier alpha value is -2.70. The number of anilines is 1. The number of hydrazone groups is 1. The maximum atomic E-state index is 12.5. The van der Waals surface area contributed by atoms with Crippen molar-refractivity contribution < 1.29 is 14.4 Å². The second kappa shape index (κ2) is 8.60. The van der Waals surface area contributed by atoms with Crippen molar-refractivity contribution >= 4 is 29.1 Å². The third-order valence-electron chi connectivity index (χ3n) is 4.28. The van der Waals surface area contributed by atoms with Gasteiger partial charge in [-0.15, -0.1) is 0 Å². The van der Waals surface area contributed by atoms with Gasteiger partial charge < -0.3 is 10.6 Å². The fourth-order valence-electron chi connectivity index (χ4n) is 2.49. The van der Waals surface area contributed by atoms with E-state index in [1.807, 2.05) is 39.0 Å². The van der Waals surface area contributed by atoms with E-state index in [1.165, 1.54) is 5.01 Å². The Labute approximate surface area is 153 Å². The molecule has 7 heteroatoms. The van der Waals surface area contributed by atoms with Crippen molar-refractivity contribution in [3.05, 3.63) is 29.8 Å². The van der Waals surface area contributed by atoms with Crippen molar-refractivity contribution in [1.29, 1.82) is 0 Å². The van der Waals surface area contributed by atoms with Gasteiger partial charge >= 0.3 is 0 Å². The maximum absolute atomic E-state index is 12.5. The molecule has 0 fully saturated rings. The van der Waals surface area contributed by atoms with Crippen LogP contribution in [0.15, 0.2) is 29.4 Å². The average molecular weight is 358 g/mol. The van der Waals surface area contributed by atoms with Crippen molar-refractivity contribution in [3.63, 3.8) is 0 Å². The van der Waals surface area contributed by atoms with Crippen molar-refractivity contribution in [2.24, 2.45) is 5.10 Å². The minimum Gasteiger partial charge on any atom is -0.352 e. The van der Waals surface area contributed by atoms with Gasteiger partial charge in [0.1, 0.15) is 11.8 Å². The van der Waals surface area contributed by atoms with Crippen LogP contribution in [0.3, 0.4) is 0 Å². The summed E-state index contributed by atoms with van der Waals surface area (Å²) >= 11 is 0. The Morgan fingerprint density at radius 2 is 1.96 bits per heavy atom. The fourth-order valence-corrected chi connectivity index (χ4v) is 2.49. The zero-order chi connectivity index (χ0) is 19.3. The van der Waals surface area contributed by atoms with Gasteiger partial charge in [-0.25, -0.2) is 5.01 Å². The van der Waals surface area contributed by atoms with Crippen LogP contribution in [-0.2, 0) is 14.4 Å². The molecule has 0 saturated carbocycles. The van der Waals surface area contributed by atoms with Crippen LogP contribution >= 0.6 is 0 Å². The lowest BCUT2D eigenvalue weighted by Gasteiger charge is -2.24. The lowest BCUT2D eigenvalue weighted by atomic mass is 10.1. The molecule has 7 nitrogen and oxygen atoms in total. The molecule has 1 aliphatic heterocycles. The molecule has 0 aromatic heterocycles. The molecular weight excluding hydrogens is 332 g/mol. The number of amides is 3. The van der Waals surface area contributed by atoms with Crippen LogP contribution in [0.5, 0.6) is 0 Å². The first-order valence-electron chi connectivity index (χ1n) is 8.90. The highest BCUT2D eigenvalue weighted by atomic mass is 16.2. The predicted octanol–water partition coefficient (Wildman–Crippen LogP) is 1.90. The van der Waals surface area contributed by atoms with Crippen LogP contribution in [0.25, 0.3) is 0 Å². The Balaban J connectivity index is 2.09. The molecule has 2 atom stereocenters. The second-order valence-electron chi connectivity index (χ2n) is 6.60. The quantitative estimate of drug-likeness (QED) is 0.814. The van der Waals surface area contributed by atoms with Gasteiger partial charge in [-0.3, -0.25) is 14.4 Å². The number of nitrogens with zero attached hydrogens (tertiary/aromatic N) is 2. The van der Waals surface area contributed by atoms with Gasteiger partial charge in [0, 0.05) is 18.9 Å². The monoisotopic (exact) mass is 358 g/mol. The molecule has 0 spiro atoms. The van der Waals surface area contributed by atoms with Gasteiger partial charge in [0.05, 0.1) is 5.69 Å². The zero-order valence-corrected chi connectivity index (χ0v) is 15.7. The van der Waals surface area contributed by atoms with Crippen molar-refractivity contribution in [1.82, 2.24) is 10.6 Å². The van der Waals surface area contributed by atoms with E-state index in [0.717, 1.165) is 12.0 Å². The van der Waals surface area contributed by atoms with Gasteiger partial charge in [0.25, 0.3) is 5.91 Å². The summed E-state index contributed by atoms with van der Waals surface area (Å²) in [6, 6.07) is 6.74. The molecule has 0 radical (unpaired) electrons. The standard InChI is InChI=1S/C19H26N4O3/c1-5-13(3)20-18(25)14(4)21-19(26)16-9-10-17(24)23(22-16)15-8-6-7-12(2)11-15/h6-8,11,13-14H,5,9-10H2,1-4H3,(H,20,25)(H,21,26). The molecule has 26 heavy (non-hydrogen) atoms. The summed E-state index contributed by atoms with van der Waals surface area (Å²) in [4.78, 5) is 36.7. The molecule has 3 amide bonds. The Morgan fingerprint density at radius 1 is 1.23 bits per heavy atom. The lowest BCUT2D eigenvalue weighted by molar-refractivity contribution is -0.126. The van der Waals surface area contributed by atoms with Crippen LogP contribution in [0, 0.1) is 6.92 Å². The van der Waals surface area contributed by atoms with Crippen LogP contribution in [-0.4, -0.2) is 35.5 Å². The lowest BCUT2D eigenvalue weighted by Crippen LogP contribution is -2.50. The summed E-state index contributed by atoms with van der Waals surface area (Å²) in [5, 5.41) is 11.0. The summed E-state index contributed by atoms with van der Waals surface area (Å²) in [6.07, 6.45) is 1.27. The molecular formula is C19H26N4O3. The number of carbonyl (C=O) groups is 3. The molecule has 2 unspecified atom stereocenters. The van der Waals surface area contributed by atoms with Crippen LogP contribution in [0.1, 0.15) is 45.6 Å². The smallest absolute Gasteiger partial charge is 0.268 e. The fraction of sp³-hybridized carbons (Fsp3) is 0.474. The number of hydrogen-bond acceptors (Lipinski definition) is 4. The number of hydrogen-bond donors (Lipinski definition) is 2. The van der Waals surface area contributed by atoms with E-state index >= 15 is 0 Å². The van der Waals surface area contributed by atoms with Crippen molar-refractivity contribution in [2.75, 3.05) is 5.01 Å². The molecule has 0 saturated heterocycles. The van der Waals surface area contributed by atoms with E-state index in [4.69, 9.17) is 0 Å². The summed E-state index contributed by atoms with van der Waals surface area (Å²) < 4.78 is 0. The van der Waals surface area contributed by atoms with Crippen LogP contribution < -0.4 is 15.6 Å². The highest BCUT2D eigenvalue weighted by molar-refractivity contribution is 6.40. The topological polar surface area (TPSA) is 90.9 Å². The first kappa shape index (κ1) is 19.6. The normalized spacial score (nSPS) is 16.5. The van der Waals surface area contributed by atoms with Gasteiger partial charge in [-0.05, 0) is 44.9 Å². The van der Waals surface area contributed by atoms with E-state index in [1.54, 1.807) is 13.0 Å². The number of aryl methyl sites for hydroxylation is 1. The largest absolute Gasteiger partial charge is 0.352 e. The van der Waals surface area contributed by atoms with E-state index in [-0.39, 0.29) is 36.4 Å². The van der Waals surface area contributed by atoms with E-state index in [9.17, 15) is 14.4 Å². The summed E-state index contributed by atoms with van der Waals surface area (Å²) in [7, 11) is 0. The molecule has 1 heterocycles. The second-order valence-corrected chi connectivity index (χ2v) is 6.60. The zero-order valence-electron chi connectivity index (χ0n) is 15.7. The Kier molecular flexibility index (Phi) is 6.49. The minimum atomic E-state index is -0.677. The Bertz CT molecular complexity index is 729. The van der Waals surface area contributed by atoms with Crippen molar-refractivity contribution in [3.8, 4) is 0 Å². The third-order valence-corrected chi connectivity index (χ3v) is 4.28. The summed E-state index contributed by atoms with van der Waals surface area (Å²) in [6.45, 7) is 7.43. The molecule has 2 N–H and O–H groups in total. The minimum absolute atomic E-state index is 0.0447. The number of rotatable bonds is 6. The van der Waals surface area contributed by atoms with Gasteiger partial charge in [0.2, 0.25) is 11.8 Å². The molecule has 0 aliphatic carbocycles. The highest BCUT2D eigenvalue weighted by Gasteiger charge is 2.27. The van der Waals surface area contributed by atoms with Gasteiger partial charge in [0.15, 0.2) is 0 Å². The molecule has 1 aromatic rings. The molecule has 140 valence electrons. The molecule has 2 rings (SSSR count). The summed E-state index contributed by atoms with van der Waals surface area (Å²) in [5.74, 6) is -0.826. The average Bonchev–Trinajstić information content (AvgIpc) is 2.61. The molecule has 0 bridgehead atoms. The first-order chi connectivity index (χ1) is 12.3. The number of benzene rings is 1. The highest BCUT2D eigenvalue weighted by Crippen LogP contribution is 2.21. The molecule has 1 aliphatic rings. The van der Waals surface area contributed by atoms with Gasteiger partial charge in [-0.1, -0.05) is 19.1 Å². The van der Waals surface area contributed by atoms with Gasteiger partial charge in [-0.2, -0.15) is 5.10 Å². The maximum Gasteiger partial charge on any atom is 0.268 e. The van der Waals surface area contributed by atoms with Crippen molar-refractivity contribution in [2.45, 2.75) is 59.0 Å². The number of nitrogens with one attached hydrogen (secondary N) is 2. The Morgan fingerprint density at radius 3 is 2.62 bits per heavy atom. The van der Waals surface area contributed by atoms with E-state index < -0.39 is 11.9 Å². The molecule has 1 aromatic carbocycles. The number of carbonyl (C=O) groups excluding carboxylic acids is 3. The van der Waals surface area contributed by atoms with E-state index in [2.05, 4.69) is 15.7 Å².